The van der Waals surface area contributed by atoms with Crippen LogP contribution in [0.3, 0.4) is 0 Å². The molecule has 1 amide bonds. The van der Waals surface area contributed by atoms with E-state index in [1.807, 2.05) is 0 Å². The second kappa shape index (κ2) is 5.57. The third-order valence-corrected chi connectivity index (χ3v) is 4.79. The van der Waals surface area contributed by atoms with Gasteiger partial charge in [-0.15, -0.1) is 0 Å². The van der Waals surface area contributed by atoms with Crippen LogP contribution in [-0.2, 0) is 4.79 Å². The van der Waals surface area contributed by atoms with Crippen molar-refractivity contribution in [1.29, 1.82) is 0 Å². The van der Waals surface area contributed by atoms with E-state index in [2.05, 4.69) is 15.1 Å². The minimum absolute atomic E-state index is 0.373. The molecule has 0 aliphatic carbocycles. The summed E-state index contributed by atoms with van der Waals surface area (Å²) in [5, 5.41) is 3.56. The van der Waals surface area contributed by atoms with Crippen LogP contribution in [-0.4, -0.2) is 61.0 Å². The molecule has 3 fully saturated rings. The van der Waals surface area contributed by atoms with Crippen LogP contribution in [0.5, 0.6) is 0 Å². The van der Waals surface area contributed by atoms with Crippen molar-refractivity contribution < 1.29 is 4.79 Å². The molecule has 3 heterocycles. The third kappa shape index (κ3) is 2.69. The van der Waals surface area contributed by atoms with Crippen LogP contribution >= 0.6 is 0 Å². The number of fused-ring (bicyclic) bond motifs is 1. The Kier molecular flexibility index (Phi) is 3.85. The summed E-state index contributed by atoms with van der Waals surface area (Å²) in [6.45, 7) is 6.44. The van der Waals surface area contributed by atoms with Crippen LogP contribution in [0.15, 0.2) is 0 Å². The van der Waals surface area contributed by atoms with Gasteiger partial charge in [-0.25, -0.2) is 0 Å². The van der Waals surface area contributed by atoms with Gasteiger partial charge in [0.25, 0.3) is 0 Å². The summed E-state index contributed by atoms with van der Waals surface area (Å²) in [7, 11) is 0. The molecule has 0 aromatic carbocycles. The van der Waals surface area contributed by atoms with Crippen molar-refractivity contribution in [3.05, 3.63) is 0 Å². The molecule has 0 radical (unpaired) electrons. The van der Waals surface area contributed by atoms with E-state index in [1.54, 1.807) is 0 Å². The molecule has 18 heavy (non-hydrogen) atoms. The first-order valence-electron chi connectivity index (χ1n) is 7.56. The average molecular weight is 251 g/mol. The lowest BCUT2D eigenvalue weighted by molar-refractivity contribution is -0.130. The Morgan fingerprint density at radius 1 is 1.17 bits per heavy atom. The predicted octanol–water partition coefficient (Wildman–Crippen LogP) is 0.683. The van der Waals surface area contributed by atoms with E-state index in [-0.39, 0.29) is 0 Å². The van der Waals surface area contributed by atoms with E-state index in [4.69, 9.17) is 0 Å². The molecule has 2 unspecified atom stereocenters. The second-order valence-electron chi connectivity index (χ2n) is 6.06. The maximum atomic E-state index is 12.2. The Hall–Kier alpha value is -0.610. The zero-order chi connectivity index (χ0) is 12.4. The molecule has 0 saturated carbocycles. The van der Waals surface area contributed by atoms with Gasteiger partial charge in [0, 0.05) is 32.1 Å². The molecule has 0 bridgehead atoms. The smallest absolute Gasteiger partial charge is 0.223 e. The van der Waals surface area contributed by atoms with Crippen LogP contribution in [0.25, 0.3) is 0 Å². The fourth-order valence-corrected chi connectivity index (χ4v) is 3.67. The number of nitrogens with one attached hydrogen (secondary N) is 1. The van der Waals surface area contributed by atoms with Crippen molar-refractivity contribution in [2.45, 2.75) is 38.1 Å². The maximum Gasteiger partial charge on any atom is 0.223 e. The normalized spacial score (nSPS) is 32.8. The van der Waals surface area contributed by atoms with Crippen LogP contribution in [0, 0.1) is 5.92 Å². The fourth-order valence-electron chi connectivity index (χ4n) is 3.67. The van der Waals surface area contributed by atoms with E-state index in [0.29, 0.717) is 11.9 Å². The van der Waals surface area contributed by atoms with Crippen molar-refractivity contribution in [2.24, 2.45) is 5.92 Å². The Morgan fingerprint density at radius 3 is 2.78 bits per heavy atom. The maximum absolute atomic E-state index is 12.2. The summed E-state index contributed by atoms with van der Waals surface area (Å²) in [6, 6.07) is 0.578. The van der Waals surface area contributed by atoms with Crippen molar-refractivity contribution in [3.63, 3.8) is 0 Å². The largest absolute Gasteiger partial charge is 0.341 e. The Balaban J connectivity index is 1.45. The lowest BCUT2D eigenvalue weighted by Gasteiger charge is -2.24. The van der Waals surface area contributed by atoms with Crippen molar-refractivity contribution in [2.75, 3.05) is 39.3 Å². The molecule has 3 aliphatic heterocycles. The number of likely N-dealkylation sites (tertiary alicyclic amines) is 2. The molecule has 0 aromatic rings. The fraction of sp³-hybridized carbons (Fsp3) is 0.929. The third-order valence-electron chi connectivity index (χ3n) is 4.79. The van der Waals surface area contributed by atoms with Crippen LogP contribution < -0.4 is 5.32 Å². The monoisotopic (exact) mass is 251 g/mol. The van der Waals surface area contributed by atoms with E-state index in [9.17, 15) is 4.79 Å². The number of carbonyl (C=O) groups excluding carboxylic acids is 1. The SMILES string of the molecule is O=C(CCN1CCCC1)N1CC2CCCNC2C1. The van der Waals surface area contributed by atoms with Gasteiger partial charge in [-0.2, -0.15) is 0 Å². The second-order valence-corrected chi connectivity index (χ2v) is 6.06. The summed E-state index contributed by atoms with van der Waals surface area (Å²) in [6.07, 6.45) is 5.92. The van der Waals surface area contributed by atoms with Gasteiger partial charge in [-0.3, -0.25) is 4.79 Å². The molecule has 2 atom stereocenters. The van der Waals surface area contributed by atoms with Gasteiger partial charge in [-0.05, 0) is 51.2 Å². The number of hydrogen-bond acceptors (Lipinski definition) is 3. The summed E-state index contributed by atoms with van der Waals surface area (Å²) in [5.74, 6) is 1.09. The summed E-state index contributed by atoms with van der Waals surface area (Å²) < 4.78 is 0. The molecule has 4 nitrogen and oxygen atoms in total. The first kappa shape index (κ1) is 12.4. The predicted molar refractivity (Wildman–Crippen MR) is 71.4 cm³/mol. The van der Waals surface area contributed by atoms with E-state index < -0.39 is 0 Å². The van der Waals surface area contributed by atoms with Crippen molar-refractivity contribution >= 4 is 5.91 Å². The molecular formula is C14H25N3O. The van der Waals surface area contributed by atoms with Crippen LogP contribution in [0.1, 0.15) is 32.1 Å². The number of rotatable bonds is 3. The zero-order valence-electron chi connectivity index (χ0n) is 11.2. The highest BCUT2D eigenvalue weighted by Crippen LogP contribution is 2.25. The molecular weight excluding hydrogens is 226 g/mol. The molecule has 0 aromatic heterocycles. The molecule has 3 saturated heterocycles. The first-order chi connectivity index (χ1) is 8.83. The van der Waals surface area contributed by atoms with E-state index in [1.165, 1.54) is 38.8 Å². The zero-order valence-corrected chi connectivity index (χ0v) is 11.2. The summed E-state index contributed by atoms with van der Waals surface area (Å²) in [5.41, 5.74) is 0. The topological polar surface area (TPSA) is 35.6 Å². The van der Waals surface area contributed by atoms with Crippen LogP contribution in [0.4, 0.5) is 0 Å². The van der Waals surface area contributed by atoms with Gasteiger partial charge < -0.3 is 15.1 Å². The highest BCUT2D eigenvalue weighted by molar-refractivity contribution is 5.76. The Morgan fingerprint density at radius 2 is 2.00 bits per heavy atom. The lowest BCUT2D eigenvalue weighted by atomic mass is 9.94. The lowest BCUT2D eigenvalue weighted by Crippen LogP contribution is -2.41. The van der Waals surface area contributed by atoms with Gasteiger partial charge in [0.2, 0.25) is 5.91 Å². The minimum atomic E-state index is 0.373. The highest BCUT2D eigenvalue weighted by Gasteiger charge is 2.36. The molecule has 4 heteroatoms. The van der Waals surface area contributed by atoms with E-state index in [0.717, 1.165) is 38.5 Å². The van der Waals surface area contributed by atoms with Crippen molar-refractivity contribution in [3.8, 4) is 0 Å². The van der Waals surface area contributed by atoms with Gasteiger partial charge in [0.05, 0.1) is 0 Å². The Labute approximate surface area is 110 Å². The number of amides is 1. The number of piperidine rings is 1. The average Bonchev–Trinajstić information content (AvgIpc) is 3.04. The number of carbonyl (C=O) groups is 1. The van der Waals surface area contributed by atoms with Crippen LogP contribution in [0.2, 0.25) is 0 Å². The van der Waals surface area contributed by atoms with Gasteiger partial charge in [0.1, 0.15) is 0 Å². The van der Waals surface area contributed by atoms with Crippen molar-refractivity contribution in [1.82, 2.24) is 15.1 Å². The Bertz CT molecular complexity index is 287. The van der Waals surface area contributed by atoms with Gasteiger partial charge >= 0.3 is 0 Å². The number of hydrogen-bond donors (Lipinski definition) is 1. The molecule has 102 valence electrons. The summed E-state index contributed by atoms with van der Waals surface area (Å²) >= 11 is 0. The standard InChI is InChI=1S/C14H25N3O/c18-14(5-9-16-7-1-2-8-16)17-10-12-4-3-6-15-13(12)11-17/h12-13,15H,1-11H2. The molecule has 1 N–H and O–H groups in total. The molecule has 0 spiro atoms. The first-order valence-corrected chi connectivity index (χ1v) is 7.56. The highest BCUT2D eigenvalue weighted by atomic mass is 16.2. The van der Waals surface area contributed by atoms with Gasteiger partial charge in [0.15, 0.2) is 0 Å². The number of nitrogens with zero attached hydrogens (tertiary/aromatic N) is 2. The quantitative estimate of drug-likeness (QED) is 0.801. The molecule has 3 aliphatic rings. The summed E-state index contributed by atoms with van der Waals surface area (Å²) in [4.78, 5) is 16.7. The van der Waals surface area contributed by atoms with Gasteiger partial charge in [-0.1, -0.05) is 0 Å². The molecule has 3 rings (SSSR count). The minimum Gasteiger partial charge on any atom is -0.341 e. The van der Waals surface area contributed by atoms with E-state index >= 15 is 0 Å².